The first-order chi connectivity index (χ1) is 15.2. The lowest BCUT2D eigenvalue weighted by molar-refractivity contribution is -0.123. The molecule has 1 atom stereocenters. The summed E-state index contributed by atoms with van der Waals surface area (Å²) in [6, 6.07) is 17.9. The van der Waals surface area contributed by atoms with Crippen molar-refractivity contribution in [2.24, 2.45) is 0 Å². The van der Waals surface area contributed by atoms with Gasteiger partial charge in [-0.2, -0.15) is 0 Å². The van der Waals surface area contributed by atoms with Gasteiger partial charge < -0.3 is 14.6 Å². The molecule has 5 rings (SSSR count). The van der Waals surface area contributed by atoms with Gasteiger partial charge in [0.15, 0.2) is 5.76 Å². The van der Waals surface area contributed by atoms with Crippen LogP contribution < -0.4 is 5.32 Å². The highest BCUT2D eigenvalue weighted by Crippen LogP contribution is 2.29. The van der Waals surface area contributed by atoms with Gasteiger partial charge in [-0.05, 0) is 42.5 Å². The van der Waals surface area contributed by atoms with Crippen LogP contribution in [0.3, 0.4) is 0 Å². The van der Waals surface area contributed by atoms with Gasteiger partial charge in [-0.1, -0.05) is 42.5 Å². The minimum atomic E-state index is -0.0842. The molecule has 0 spiro atoms. The number of amides is 2. The highest BCUT2D eigenvalue weighted by Gasteiger charge is 2.27. The smallest absolute Gasteiger partial charge is 0.289 e. The zero-order valence-corrected chi connectivity index (χ0v) is 17.5. The molecule has 6 nitrogen and oxygen atoms in total. The summed E-state index contributed by atoms with van der Waals surface area (Å²) in [5.41, 5.74) is 3.32. The molecular weight excluding hydrogens is 390 g/mol. The van der Waals surface area contributed by atoms with Crippen molar-refractivity contribution in [3.05, 3.63) is 71.5 Å². The Morgan fingerprint density at radius 3 is 2.61 bits per heavy atom. The van der Waals surface area contributed by atoms with Crippen LogP contribution in [0.1, 0.15) is 40.6 Å². The zero-order chi connectivity index (χ0) is 21.2. The Kier molecular flexibility index (Phi) is 5.47. The number of carbonyl (C=O) groups is 2. The van der Waals surface area contributed by atoms with E-state index < -0.39 is 0 Å². The fraction of sp³-hybridized carbons (Fsp3) is 0.360. The van der Waals surface area contributed by atoms with Gasteiger partial charge in [0.2, 0.25) is 5.91 Å². The van der Waals surface area contributed by atoms with E-state index >= 15 is 0 Å². The molecule has 2 aromatic carbocycles. The van der Waals surface area contributed by atoms with Crippen molar-refractivity contribution < 1.29 is 14.0 Å². The summed E-state index contributed by atoms with van der Waals surface area (Å²) in [5.74, 6) is 0.348. The predicted molar refractivity (Wildman–Crippen MR) is 119 cm³/mol. The maximum atomic E-state index is 12.8. The van der Waals surface area contributed by atoms with Gasteiger partial charge in [0.25, 0.3) is 5.91 Å². The molecule has 6 heteroatoms. The lowest BCUT2D eigenvalue weighted by Gasteiger charge is -2.34. The standard InChI is InChI=1S/C25H27N3O3/c29-24(26-21-10-5-8-18-6-1-3-9-20(18)21)17-27-12-14-28(15-13-27)25(30)23-16-19-7-2-4-11-22(19)31-23/h1-4,6-7,9,11,16,21H,5,8,10,12-15,17H2,(H,26,29). The normalized spacial score (nSPS) is 19.2. The number of aryl methyl sites for hydroxylation is 1. The van der Waals surface area contributed by atoms with E-state index in [0.29, 0.717) is 38.5 Å². The van der Waals surface area contributed by atoms with Crippen LogP contribution in [0, 0.1) is 0 Å². The molecule has 2 heterocycles. The molecule has 0 radical (unpaired) electrons. The second-order valence-electron chi connectivity index (χ2n) is 8.43. The minimum Gasteiger partial charge on any atom is -0.451 e. The Labute approximate surface area is 181 Å². The minimum absolute atomic E-state index is 0.0544. The number of nitrogens with one attached hydrogen (secondary N) is 1. The number of rotatable bonds is 4. The van der Waals surface area contributed by atoms with Crippen LogP contribution in [0.4, 0.5) is 0 Å². The van der Waals surface area contributed by atoms with Crippen molar-refractivity contribution in [3.8, 4) is 0 Å². The number of carbonyl (C=O) groups excluding carboxylic acids is 2. The molecule has 1 unspecified atom stereocenters. The second-order valence-corrected chi connectivity index (χ2v) is 8.43. The number of nitrogens with zero attached hydrogens (tertiary/aromatic N) is 2. The van der Waals surface area contributed by atoms with Crippen LogP contribution in [0.15, 0.2) is 59.0 Å². The number of piperazine rings is 1. The quantitative estimate of drug-likeness (QED) is 0.707. The van der Waals surface area contributed by atoms with E-state index in [1.54, 1.807) is 6.07 Å². The van der Waals surface area contributed by atoms with E-state index in [2.05, 4.69) is 28.4 Å². The summed E-state index contributed by atoms with van der Waals surface area (Å²) in [7, 11) is 0. The lowest BCUT2D eigenvalue weighted by atomic mass is 9.88. The summed E-state index contributed by atoms with van der Waals surface area (Å²) >= 11 is 0. The maximum Gasteiger partial charge on any atom is 0.289 e. The van der Waals surface area contributed by atoms with Crippen molar-refractivity contribution in [3.63, 3.8) is 0 Å². The van der Waals surface area contributed by atoms with Crippen molar-refractivity contribution in [1.29, 1.82) is 0 Å². The fourth-order valence-corrected chi connectivity index (χ4v) is 4.70. The van der Waals surface area contributed by atoms with Crippen molar-refractivity contribution in [2.45, 2.75) is 25.3 Å². The third kappa shape index (κ3) is 4.21. The molecule has 1 N–H and O–H groups in total. The molecular formula is C25H27N3O3. The average Bonchev–Trinajstić information content (AvgIpc) is 3.24. The van der Waals surface area contributed by atoms with Gasteiger partial charge in [0.05, 0.1) is 12.6 Å². The van der Waals surface area contributed by atoms with Crippen LogP contribution in [0.25, 0.3) is 11.0 Å². The summed E-state index contributed by atoms with van der Waals surface area (Å²) in [4.78, 5) is 29.4. The molecule has 0 saturated carbocycles. The summed E-state index contributed by atoms with van der Waals surface area (Å²) in [6.45, 7) is 2.91. The average molecular weight is 418 g/mol. The van der Waals surface area contributed by atoms with Crippen molar-refractivity contribution in [1.82, 2.24) is 15.1 Å². The molecule has 1 fully saturated rings. The molecule has 1 saturated heterocycles. The van der Waals surface area contributed by atoms with E-state index in [1.807, 2.05) is 35.2 Å². The number of fused-ring (bicyclic) bond motifs is 2. The Bertz CT molecular complexity index is 1070. The molecule has 2 aliphatic rings. The number of para-hydroxylation sites is 1. The van der Waals surface area contributed by atoms with E-state index in [4.69, 9.17) is 4.42 Å². The predicted octanol–water partition coefficient (Wildman–Crippen LogP) is 3.38. The van der Waals surface area contributed by atoms with Crippen LogP contribution in [-0.2, 0) is 11.2 Å². The van der Waals surface area contributed by atoms with Gasteiger partial charge in [0.1, 0.15) is 5.58 Å². The van der Waals surface area contributed by atoms with Crippen LogP contribution in [-0.4, -0.2) is 54.3 Å². The lowest BCUT2D eigenvalue weighted by Crippen LogP contribution is -2.51. The van der Waals surface area contributed by atoms with E-state index in [0.717, 1.165) is 30.2 Å². The second kappa shape index (κ2) is 8.55. The fourth-order valence-electron chi connectivity index (χ4n) is 4.70. The van der Waals surface area contributed by atoms with Crippen LogP contribution in [0.5, 0.6) is 0 Å². The monoisotopic (exact) mass is 417 g/mol. The Balaban J connectivity index is 1.14. The third-order valence-electron chi connectivity index (χ3n) is 6.37. The molecule has 1 aliphatic heterocycles. The molecule has 3 aromatic rings. The summed E-state index contributed by atoms with van der Waals surface area (Å²) in [6.07, 6.45) is 3.18. The Morgan fingerprint density at radius 1 is 1.00 bits per heavy atom. The van der Waals surface area contributed by atoms with Gasteiger partial charge in [-0.3, -0.25) is 14.5 Å². The molecule has 31 heavy (non-hydrogen) atoms. The zero-order valence-electron chi connectivity index (χ0n) is 17.5. The first-order valence-corrected chi connectivity index (χ1v) is 11.0. The highest BCUT2D eigenvalue weighted by atomic mass is 16.3. The first kappa shape index (κ1) is 19.8. The van der Waals surface area contributed by atoms with Gasteiger partial charge in [-0.25, -0.2) is 0 Å². The Hall–Kier alpha value is -3.12. The van der Waals surface area contributed by atoms with Crippen LogP contribution >= 0.6 is 0 Å². The SMILES string of the molecule is O=C(CN1CCN(C(=O)c2cc3ccccc3o2)CC1)NC1CCCc2ccccc21. The first-order valence-electron chi connectivity index (χ1n) is 11.0. The molecule has 1 aliphatic carbocycles. The topological polar surface area (TPSA) is 65.8 Å². The van der Waals surface area contributed by atoms with Gasteiger partial charge in [0, 0.05) is 31.6 Å². The number of furan rings is 1. The molecule has 160 valence electrons. The summed E-state index contributed by atoms with van der Waals surface area (Å²) < 4.78 is 5.72. The van der Waals surface area contributed by atoms with Crippen LogP contribution in [0.2, 0.25) is 0 Å². The maximum absolute atomic E-state index is 12.8. The van der Waals surface area contributed by atoms with Crippen molar-refractivity contribution >= 4 is 22.8 Å². The molecule has 2 amide bonds. The van der Waals surface area contributed by atoms with Gasteiger partial charge in [-0.15, -0.1) is 0 Å². The van der Waals surface area contributed by atoms with Gasteiger partial charge >= 0.3 is 0 Å². The van der Waals surface area contributed by atoms with Crippen molar-refractivity contribution in [2.75, 3.05) is 32.7 Å². The highest BCUT2D eigenvalue weighted by molar-refractivity contribution is 5.96. The van der Waals surface area contributed by atoms with E-state index in [9.17, 15) is 9.59 Å². The third-order valence-corrected chi connectivity index (χ3v) is 6.37. The number of benzene rings is 2. The van der Waals surface area contributed by atoms with E-state index in [-0.39, 0.29) is 17.9 Å². The number of hydrogen-bond donors (Lipinski definition) is 1. The largest absolute Gasteiger partial charge is 0.451 e. The van der Waals surface area contributed by atoms with E-state index in [1.165, 1.54) is 11.1 Å². The number of hydrogen-bond acceptors (Lipinski definition) is 4. The summed E-state index contributed by atoms with van der Waals surface area (Å²) in [5, 5.41) is 4.16. The molecule has 1 aromatic heterocycles. The Morgan fingerprint density at radius 2 is 1.77 bits per heavy atom. The molecule has 0 bridgehead atoms.